The van der Waals surface area contributed by atoms with Gasteiger partial charge in [-0.1, -0.05) is 29.8 Å². The van der Waals surface area contributed by atoms with E-state index in [4.69, 9.17) is 0 Å². The maximum atomic E-state index is 11.0. The standard InChI is InChI=1S/C11H14O3S/c1-8(2)6-10-7-9(3)4-5-11(10)15(12,13)14/h4-5,7H,1,6H2,2-3H3,(H,12,13,14)/p-1. The summed E-state index contributed by atoms with van der Waals surface area (Å²) < 4.78 is 32.9. The number of hydrogen-bond acceptors (Lipinski definition) is 3. The lowest BCUT2D eigenvalue weighted by Crippen LogP contribution is -2.04. The van der Waals surface area contributed by atoms with Crippen LogP contribution in [0.5, 0.6) is 0 Å². The molecule has 0 unspecified atom stereocenters. The Labute approximate surface area is 90.2 Å². The van der Waals surface area contributed by atoms with Crippen LogP contribution in [-0.2, 0) is 16.5 Å². The van der Waals surface area contributed by atoms with Gasteiger partial charge in [-0.15, -0.1) is 0 Å². The van der Waals surface area contributed by atoms with Crippen LogP contribution in [-0.4, -0.2) is 13.0 Å². The van der Waals surface area contributed by atoms with Crippen LogP contribution in [0.15, 0.2) is 35.2 Å². The number of hydrogen-bond donors (Lipinski definition) is 0. The van der Waals surface area contributed by atoms with Crippen molar-refractivity contribution in [2.75, 3.05) is 0 Å². The lowest BCUT2D eigenvalue weighted by molar-refractivity contribution is 0.462. The van der Waals surface area contributed by atoms with Crippen molar-refractivity contribution < 1.29 is 13.0 Å². The molecular weight excluding hydrogens is 212 g/mol. The third-order valence-electron chi connectivity index (χ3n) is 1.98. The molecule has 0 fully saturated rings. The van der Waals surface area contributed by atoms with Gasteiger partial charge in [0.1, 0.15) is 10.1 Å². The third-order valence-corrected chi connectivity index (χ3v) is 2.91. The van der Waals surface area contributed by atoms with E-state index in [0.29, 0.717) is 12.0 Å². The summed E-state index contributed by atoms with van der Waals surface area (Å²) in [6.45, 7) is 7.35. The van der Waals surface area contributed by atoms with Crippen LogP contribution in [0, 0.1) is 6.92 Å². The molecule has 0 aliphatic carbocycles. The van der Waals surface area contributed by atoms with Gasteiger partial charge in [-0.3, -0.25) is 0 Å². The smallest absolute Gasteiger partial charge is 0.124 e. The highest BCUT2D eigenvalue weighted by Gasteiger charge is 2.08. The minimum Gasteiger partial charge on any atom is -0.744 e. The minimum absolute atomic E-state index is 0.142. The van der Waals surface area contributed by atoms with Crippen LogP contribution in [0.2, 0.25) is 0 Å². The highest BCUT2D eigenvalue weighted by atomic mass is 32.2. The summed E-state index contributed by atoms with van der Waals surface area (Å²) in [5.74, 6) is 0. The highest BCUT2D eigenvalue weighted by Crippen LogP contribution is 2.19. The summed E-state index contributed by atoms with van der Waals surface area (Å²) >= 11 is 0. The predicted molar refractivity (Wildman–Crippen MR) is 57.7 cm³/mol. The third kappa shape index (κ3) is 3.18. The van der Waals surface area contributed by atoms with E-state index in [-0.39, 0.29) is 4.90 Å². The molecule has 0 atom stereocenters. The second-order valence-electron chi connectivity index (χ2n) is 3.70. The first-order valence-corrected chi connectivity index (χ1v) is 5.91. The molecule has 0 amide bonds. The van der Waals surface area contributed by atoms with E-state index < -0.39 is 10.1 Å². The van der Waals surface area contributed by atoms with E-state index in [1.807, 2.05) is 6.92 Å². The Balaban J connectivity index is 3.33. The Morgan fingerprint density at radius 2 is 2.07 bits per heavy atom. The summed E-state index contributed by atoms with van der Waals surface area (Å²) in [4.78, 5) is -0.142. The fraction of sp³-hybridized carbons (Fsp3) is 0.273. The molecule has 0 spiro atoms. The molecule has 0 aromatic heterocycles. The molecule has 0 bridgehead atoms. The van der Waals surface area contributed by atoms with Crippen molar-refractivity contribution in [2.24, 2.45) is 0 Å². The maximum Gasteiger partial charge on any atom is 0.124 e. The van der Waals surface area contributed by atoms with Crippen LogP contribution in [0.3, 0.4) is 0 Å². The maximum absolute atomic E-state index is 11.0. The molecule has 1 aromatic rings. The number of rotatable bonds is 3. The molecule has 4 heteroatoms. The average molecular weight is 225 g/mol. The summed E-state index contributed by atoms with van der Waals surface area (Å²) in [6.07, 6.45) is 0.415. The fourth-order valence-corrected chi connectivity index (χ4v) is 2.10. The van der Waals surface area contributed by atoms with Gasteiger partial charge in [-0.05, 0) is 31.9 Å². The van der Waals surface area contributed by atoms with Crippen molar-refractivity contribution in [1.29, 1.82) is 0 Å². The Hall–Kier alpha value is -1.13. The first kappa shape index (κ1) is 11.9. The normalized spacial score (nSPS) is 11.4. The number of allylic oxidation sites excluding steroid dienone is 1. The summed E-state index contributed by atoms with van der Waals surface area (Å²) in [5.41, 5.74) is 2.28. The van der Waals surface area contributed by atoms with Crippen molar-refractivity contribution in [3.05, 3.63) is 41.5 Å². The molecular formula is C11H13O3S-. The topological polar surface area (TPSA) is 57.2 Å². The molecule has 0 radical (unpaired) electrons. The molecule has 82 valence electrons. The zero-order valence-corrected chi connectivity index (χ0v) is 9.60. The zero-order valence-electron chi connectivity index (χ0n) is 8.78. The molecule has 1 rings (SSSR count). The molecule has 1 aromatic carbocycles. The molecule has 0 saturated heterocycles. The Morgan fingerprint density at radius 1 is 1.47 bits per heavy atom. The molecule has 0 aliphatic heterocycles. The van der Waals surface area contributed by atoms with Crippen LogP contribution in [0.25, 0.3) is 0 Å². The Morgan fingerprint density at radius 3 is 2.53 bits per heavy atom. The molecule has 0 N–H and O–H groups in total. The fourth-order valence-electron chi connectivity index (χ4n) is 1.42. The van der Waals surface area contributed by atoms with Gasteiger partial charge in [0.2, 0.25) is 0 Å². The quantitative estimate of drug-likeness (QED) is 0.584. The monoisotopic (exact) mass is 225 g/mol. The van der Waals surface area contributed by atoms with Crippen molar-refractivity contribution in [2.45, 2.75) is 25.2 Å². The SMILES string of the molecule is C=C(C)Cc1cc(C)ccc1S(=O)(=O)[O-]. The largest absolute Gasteiger partial charge is 0.744 e. The predicted octanol–water partition coefficient (Wildman–Crippen LogP) is 2.02. The van der Waals surface area contributed by atoms with Crippen molar-refractivity contribution >= 4 is 10.1 Å². The summed E-state index contributed by atoms with van der Waals surface area (Å²) in [7, 11) is -4.39. The lowest BCUT2D eigenvalue weighted by atomic mass is 10.1. The van der Waals surface area contributed by atoms with E-state index in [2.05, 4.69) is 6.58 Å². The van der Waals surface area contributed by atoms with E-state index in [1.165, 1.54) is 6.07 Å². The highest BCUT2D eigenvalue weighted by molar-refractivity contribution is 7.85. The van der Waals surface area contributed by atoms with Crippen LogP contribution >= 0.6 is 0 Å². The first-order valence-electron chi connectivity index (χ1n) is 4.50. The molecule has 0 aliphatic rings. The summed E-state index contributed by atoms with van der Waals surface area (Å²) in [5, 5.41) is 0. The molecule has 0 heterocycles. The van der Waals surface area contributed by atoms with Gasteiger partial charge in [0, 0.05) is 0 Å². The van der Waals surface area contributed by atoms with Gasteiger partial charge >= 0.3 is 0 Å². The second-order valence-corrected chi connectivity index (χ2v) is 5.05. The van der Waals surface area contributed by atoms with Crippen molar-refractivity contribution in [3.63, 3.8) is 0 Å². The van der Waals surface area contributed by atoms with Gasteiger partial charge in [0.05, 0.1) is 4.90 Å². The Bertz CT molecular complexity index is 487. The average Bonchev–Trinajstić information content (AvgIpc) is 1.99. The molecule has 0 saturated carbocycles. The van der Waals surface area contributed by atoms with Gasteiger partial charge in [-0.25, -0.2) is 8.42 Å². The lowest BCUT2D eigenvalue weighted by Gasteiger charge is -2.13. The van der Waals surface area contributed by atoms with Gasteiger partial charge < -0.3 is 4.55 Å². The number of benzene rings is 1. The zero-order chi connectivity index (χ0) is 11.6. The van der Waals surface area contributed by atoms with Gasteiger partial charge in [0.25, 0.3) is 0 Å². The Kier molecular flexibility index (Phi) is 3.31. The van der Waals surface area contributed by atoms with Gasteiger partial charge in [0.15, 0.2) is 0 Å². The van der Waals surface area contributed by atoms with E-state index in [9.17, 15) is 13.0 Å². The van der Waals surface area contributed by atoms with Crippen molar-refractivity contribution in [3.8, 4) is 0 Å². The van der Waals surface area contributed by atoms with Crippen molar-refractivity contribution in [1.82, 2.24) is 0 Å². The second kappa shape index (κ2) is 4.16. The summed E-state index contributed by atoms with van der Waals surface area (Å²) in [6, 6.07) is 4.68. The van der Waals surface area contributed by atoms with E-state index >= 15 is 0 Å². The van der Waals surface area contributed by atoms with Crippen LogP contribution < -0.4 is 0 Å². The van der Waals surface area contributed by atoms with Crippen LogP contribution in [0.1, 0.15) is 18.1 Å². The number of aryl methyl sites for hydroxylation is 1. The van der Waals surface area contributed by atoms with Crippen LogP contribution in [0.4, 0.5) is 0 Å². The molecule has 15 heavy (non-hydrogen) atoms. The van der Waals surface area contributed by atoms with E-state index in [1.54, 1.807) is 19.1 Å². The van der Waals surface area contributed by atoms with Gasteiger partial charge in [-0.2, -0.15) is 0 Å². The minimum atomic E-state index is -4.39. The first-order chi connectivity index (χ1) is 6.80. The molecule has 3 nitrogen and oxygen atoms in total. The van der Waals surface area contributed by atoms with E-state index in [0.717, 1.165) is 11.1 Å².